The number of anilines is 1. The molecule has 3 aromatic rings. The van der Waals surface area contributed by atoms with Gasteiger partial charge in [0.15, 0.2) is 0 Å². The van der Waals surface area contributed by atoms with Gasteiger partial charge < -0.3 is 4.74 Å². The first-order chi connectivity index (χ1) is 12.2. The molecule has 0 aliphatic heterocycles. The molecule has 128 valence electrons. The lowest BCUT2D eigenvalue weighted by Gasteiger charge is -2.02. The maximum atomic E-state index is 11.5. The lowest BCUT2D eigenvalue weighted by atomic mass is 10.1. The number of nitrogens with one attached hydrogen (secondary N) is 1. The summed E-state index contributed by atoms with van der Waals surface area (Å²) in [7, 11) is 0. The Morgan fingerprint density at radius 2 is 2.36 bits per heavy atom. The number of carbonyl (C=O) groups is 1. The standard InChI is InChI=1S/C17H15ClN4O2S/c1-2-24-15(23)8-14-10-25-17(21-14)22-20-9-12-7-13(18)6-11-4-3-5-19-16(11)12/h3-7,9-10H,2,8H2,1H3,(H,21,22). The topological polar surface area (TPSA) is 76.5 Å². The van der Waals surface area contributed by atoms with Crippen LogP contribution in [0.1, 0.15) is 18.2 Å². The Morgan fingerprint density at radius 3 is 3.20 bits per heavy atom. The molecule has 0 fully saturated rings. The number of hydrogen-bond acceptors (Lipinski definition) is 7. The minimum absolute atomic E-state index is 0.151. The molecule has 0 atom stereocenters. The Kier molecular flexibility index (Phi) is 5.57. The Hall–Kier alpha value is -2.51. The predicted molar refractivity (Wildman–Crippen MR) is 100 cm³/mol. The van der Waals surface area contributed by atoms with Gasteiger partial charge in [-0.25, -0.2) is 4.98 Å². The summed E-state index contributed by atoms with van der Waals surface area (Å²) in [4.78, 5) is 20.1. The zero-order valence-corrected chi connectivity index (χ0v) is 15.0. The summed E-state index contributed by atoms with van der Waals surface area (Å²) < 4.78 is 4.90. The lowest BCUT2D eigenvalue weighted by Crippen LogP contribution is -2.07. The second-order valence-corrected chi connectivity index (χ2v) is 6.36. The summed E-state index contributed by atoms with van der Waals surface area (Å²) in [5, 5.41) is 8.14. The van der Waals surface area contributed by atoms with E-state index in [-0.39, 0.29) is 12.4 Å². The van der Waals surface area contributed by atoms with Crippen molar-refractivity contribution in [1.82, 2.24) is 9.97 Å². The highest BCUT2D eigenvalue weighted by Gasteiger charge is 2.08. The Balaban J connectivity index is 1.70. The third kappa shape index (κ3) is 4.52. The monoisotopic (exact) mass is 374 g/mol. The molecule has 1 N–H and O–H groups in total. The highest BCUT2D eigenvalue weighted by Crippen LogP contribution is 2.21. The van der Waals surface area contributed by atoms with Crippen molar-refractivity contribution in [3.8, 4) is 0 Å². The number of esters is 1. The summed E-state index contributed by atoms with van der Waals surface area (Å²) in [6, 6.07) is 7.47. The third-order valence-corrected chi connectivity index (χ3v) is 4.26. The van der Waals surface area contributed by atoms with Gasteiger partial charge in [0, 0.05) is 27.5 Å². The summed E-state index contributed by atoms with van der Waals surface area (Å²) in [6.07, 6.45) is 3.52. The van der Waals surface area contributed by atoms with Crippen LogP contribution in [0.25, 0.3) is 10.9 Å². The first-order valence-electron chi connectivity index (χ1n) is 7.59. The van der Waals surface area contributed by atoms with Crippen LogP contribution in [0.5, 0.6) is 0 Å². The van der Waals surface area contributed by atoms with E-state index in [1.807, 2.05) is 18.2 Å². The molecule has 0 unspecified atom stereocenters. The SMILES string of the molecule is CCOC(=O)Cc1csc(NN=Cc2cc(Cl)cc3cccnc23)n1. The minimum atomic E-state index is -0.292. The zero-order chi connectivity index (χ0) is 17.6. The van der Waals surface area contributed by atoms with Crippen molar-refractivity contribution in [3.63, 3.8) is 0 Å². The van der Waals surface area contributed by atoms with Crippen molar-refractivity contribution < 1.29 is 9.53 Å². The minimum Gasteiger partial charge on any atom is -0.466 e. The van der Waals surface area contributed by atoms with Crippen LogP contribution in [-0.2, 0) is 16.0 Å². The van der Waals surface area contributed by atoms with Crippen LogP contribution in [0.3, 0.4) is 0 Å². The van der Waals surface area contributed by atoms with Crippen molar-refractivity contribution in [2.45, 2.75) is 13.3 Å². The van der Waals surface area contributed by atoms with Crippen molar-refractivity contribution >= 4 is 51.2 Å². The molecule has 0 aliphatic carbocycles. The van der Waals surface area contributed by atoms with Gasteiger partial charge in [0.25, 0.3) is 0 Å². The number of hydrazone groups is 1. The van der Waals surface area contributed by atoms with E-state index < -0.39 is 0 Å². The number of rotatable bonds is 6. The average molecular weight is 375 g/mol. The molecule has 2 heterocycles. The van der Waals surface area contributed by atoms with Crippen molar-refractivity contribution in [2.75, 3.05) is 12.0 Å². The number of fused-ring (bicyclic) bond motifs is 1. The molecule has 25 heavy (non-hydrogen) atoms. The molecule has 0 spiro atoms. The molecular formula is C17H15ClN4O2S. The van der Waals surface area contributed by atoms with Crippen LogP contribution in [0.2, 0.25) is 5.02 Å². The molecule has 0 amide bonds. The zero-order valence-electron chi connectivity index (χ0n) is 13.4. The van der Waals surface area contributed by atoms with Crippen LogP contribution >= 0.6 is 22.9 Å². The Labute approximate surface area is 153 Å². The fourth-order valence-electron chi connectivity index (χ4n) is 2.24. The van der Waals surface area contributed by atoms with Crippen LogP contribution < -0.4 is 5.43 Å². The van der Waals surface area contributed by atoms with Crippen molar-refractivity contribution in [2.24, 2.45) is 5.10 Å². The van der Waals surface area contributed by atoms with E-state index in [0.717, 1.165) is 16.5 Å². The number of thiazole rings is 1. The van der Waals surface area contributed by atoms with Gasteiger partial charge in [-0.1, -0.05) is 17.7 Å². The summed E-state index contributed by atoms with van der Waals surface area (Å²) in [6.45, 7) is 2.13. The van der Waals surface area contributed by atoms with E-state index in [1.54, 1.807) is 30.8 Å². The summed E-state index contributed by atoms with van der Waals surface area (Å²) in [5.74, 6) is -0.292. The largest absolute Gasteiger partial charge is 0.466 e. The normalized spacial score (nSPS) is 11.1. The van der Waals surface area contributed by atoms with Crippen molar-refractivity contribution in [1.29, 1.82) is 0 Å². The van der Waals surface area contributed by atoms with Crippen LogP contribution in [0.15, 0.2) is 40.9 Å². The highest BCUT2D eigenvalue weighted by molar-refractivity contribution is 7.13. The highest BCUT2D eigenvalue weighted by atomic mass is 35.5. The summed E-state index contributed by atoms with van der Waals surface area (Å²) in [5.41, 5.74) is 5.13. The number of halogens is 1. The first kappa shape index (κ1) is 17.3. The van der Waals surface area contributed by atoms with E-state index in [9.17, 15) is 4.79 Å². The first-order valence-corrected chi connectivity index (χ1v) is 8.85. The molecule has 2 aromatic heterocycles. The van der Waals surface area contributed by atoms with Gasteiger partial charge in [-0.15, -0.1) is 11.3 Å². The van der Waals surface area contributed by atoms with E-state index in [1.165, 1.54) is 11.3 Å². The molecule has 0 radical (unpaired) electrons. The second-order valence-electron chi connectivity index (χ2n) is 5.07. The molecule has 3 rings (SSSR count). The number of ether oxygens (including phenoxy) is 1. The summed E-state index contributed by atoms with van der Waals surface area (Å²) >= 11 is 7.50. The molecule has 0 aliphatic rings. The second kappa shape index (κ2) is 8.04. The smallest absolute Gasteiger partial charge is 0.311 e. The van der Waals surface area contributed by atoms with Gasteiger partial charge in [0.1, 0.15) is 0 Å². The maximum Gasteiger partial charge on any atom is 0.311 e. The predicted octanol–water partition coefficient (Wildman–Crippen LogP) is 3.90. The molecule has 8 heteroatoms. The molecule has 0 bridgehead atoms. The quantitative estimate of drug-likeness (QED) is 0.402. The number of nitrogens with zero attached hydrogens (tertiary/aromatic N) is 3. The van der Waals surface area contributed by atoms with E-state index in [4.69, 9.17) is 16.3 Å². The average Bonchev–Trinajstić information content (AvgIpc) is 3.02. The number of hydrogen-bond donors (Lipinski definition) is 1. The van der Waals surface area contributed by atoms with Gasteiger partial charge in [0.2, 0.25) is 5.13 Å². The van der Waals surface area contributed by atoms with Crippen LogP contribution in [0.4, 0.5) is 5.13 Å². The maximum absolute atomic E-state index is 11.5. The Bertz CT molecular complexity index is 926. The van der Waals surface area contributed by atoms with Crippen LogP contribution in [0, 0.1) is 0 Å². The van der Waals surface area contributed by atoms with E-state index >= 15 is 0 Å². The van der Waals surface area contributed by atoms with Gasteiger partial charge in [-0.05, 0) is 25.1 Å². The van der Waals surface area contributed by atoms with Crippen LogP contribution in [-0.4, -0.2) is 28.8 Å². The number of carbonyl (C=O) groups excluding carboxylic acids is 1. The van der Waals surface area contributed by atoms with E-state index in [2.05, 4.69) is 20.5 Å². The Morgan fingerprint density at radius 1 is 1.48 bits per heavy atom. The van der Waals surface area contributed by atoms with Crippen molar-refractivity contribution in [3.05, 3.63) is 52.1 Å². The van der Waals surface area contributed by atoms with E-state index in [0.29, 0.717) is 22.5 Å². The molecule has 1 aromatic carbocycles. The molecule has 0 saturated heterocycles. The van der Waals surface area contributed by atoms with Gasteiger partial charge in [-0.3, -0.25) is 15.2 Å². The molecule has 6 nitrogen and oxygen atoms in total. The fraction of sp³-hybridized carbons (Fsp3) is 0.176. The number of aromatic nitrogens is 2. The fourth-order valence-corrected chi connectivity index (χ4v) is 3.13. The molecule has 0 saturated carbocycles. The molecular weight excluding hydrogens is 360 g/mol. The van der Waals surface area contributed by atoms with Gasteiger partial charge in [0.05, 0.1) is 30.5 Å². The third-order valence-electron chi connectivity index (χ3n) is 3.25. The number of pyridine rings is 1. The lowest BCUT2D eigenvalue weighted by molar-refractivity contribution is -0.142. The number of benzene rings is 1. The van der Waals surface area contributed by atoms with Gasteiger partial charge >= 0.3 is 5.97 Å². The van der Waals surface area contributed by atoms with Gasteiger partial charge in [-0.2, -0.15) is 5.10 Å².